The molecule has 82 valence electrons. The molecule has 0 saturated carbocycles. The summed E-state index contributed by atoms with van der Waals surface area (Å²) in [5.41, 5.74) is 2.85. The lowest BCUT2D eigenvalue weighted by Gasteiger charge is -2.07. The van der Waals surface area contributed by atoms with Crippen molar-refractivity contribution in [2.75, 3.05) is 7.11 Å². The van der Waals surface area contributed by atoms with Gasteiger partial charge >= 0.3 is 0 Å². The van der Waals surface area contributed by atoms with Gasteiger partial charge in [-0.15, -0.1) is 0 Å². The van der Waals surface area contributed by atoms with Crippen LogP contribution in [-0.2, 0) is 6.61 Å². The average molecular weight is 215 g/mol. The van der Waals surface area contributed by atoms with Gasteiger partial charge in [-0.25, -0.2) is 0 Å². The molecule has 0 saturated heterocycles. The third-order valence-electron chi connectivity index (χ3n) is 2.48. The Labute approximate surface area is 94.3 Å². The summed E-state index contributed by atoms with van der Waals surface area (Å²) in [6.45, 7) is 0.0177. The Morgan fingerprint density at radius 1 is 1.19 bits per heavy atom. The fourth-order valence-electron chi connectivity index (χ4n) is 1.59. The molecule has 1 aromatic carbocycles. The van der Waals surface area contributed by atoms with E-state index in [0.717, 1.165) is 22.4 Å². The maximum absolute atomic E-state index is 9.23. The van der Waals surface area contributed by atoms with E-state index >= 15 is 0 Å². The fraction of sp³-hybridized carbons (Fsp3) is 0.154. The number of aromatic nitrogens is 1. The first-order valence-corrected chi connectivity index (χ1v) is 5.03. The largest absolute Gasteiger partial charge is 0.497 e. The first-order valence-electron chi connectivity index (χ1n) is 5.03. The van der Waals surface area contributed by atoms with E-state index in [4.69, 9.17) is 4.74 Å². The number of hydrogen-bond acceptors (Lipinski definition) is 3. The third-order valence-corrected chi connectivity index (χ3v) is 2.48. The maximum Gasteiger partial charge on any atom is 0.118 e. The van der Waals surface area contributed by atoms with Gasteiger partial charge in [0.15, 0.2) is 0 Å². The molecule has 0 bridgehead atoms. The van der Waals surface area contributed by atoms with Crippen molar-refractivity contribution >= 4 is 0 Å². The van der Waals surface area contributed by atoms with Gasteiger partial charge in [0.05, 0.1) is 13.7 Å². The molecule has 1 aromatic heterocycles. The van der Waals surface area contributed by atoms with Crippen LogP contribution in [0.3, 0.4) is 0 Å². The van der Waals surface area contributed by atoms with Crippen molar-refractivity contribution in [1.82, 2.24) is 4.98 Å². The van der Waals surface area contributed by atoms with E-state index in [-0.39, 0.29) is 6.61 Å². The molecule has 0 aliphatic rings. The number of aliphatic hydroxyl groups excluding tert-OH is 1. The van der Waals surface area contributed by atoms with E-state index < -0.39 is 0 Å². The number of nitrogens with zero attached hydrogens (tertiary/aromatic N) is 1. The number of hydrogen-bond donors (Lipinski definition) is 1. The van der Waals surface area contributed by atoms with Gasteiger partial charge in [0.1, 0.15) is 5.75 Å². The Bertz CT molecular complexity index is 466. The average Bonchev–Trinajstić information content (AvgIpc) is 2.39. The van der Waals surface area contributed by atoms with Crippen LogP contribution >= 0.6 is 0 Å². The number of aliphatic hydroxyl groups is 1. The van der Waals surface area contributed by atoms with E-state index in [9.17, 15) is 5.11 Å². The second kappa shape index (κ2) is 4.77. The van der Waals surface area contributed by atoms with E-state index in [1.807, 2.05) is 30.3 Å². The standard InChI is InChI=1S/C13H13NO2/c1-16-12-4-2-10(3-5-12)13-8-14-7-6-11(13)9-15/h2-8,15H,9H2,1H3. The van der Waals surface area contributed by atoms with Crippen LogP contribution in [0.5, 0.6) is 5.75 Å². The van der Waals surface area contributed by atoms with Gasteiger partial charge in [0.25, 0.3) is 0 Å². The zero-order chi connectivity index (χ0) is 11.4. The predicted molar refractivity (Wildman–Crippen MR) is 62.1 cm³/mol. The fourth-order valence-corrected chi connectivity index (χ4v) is 1.59. The van der Waals surface area contributed by atoms with Crippen LogP contribution in [0, 0.1) is 0 Å². The van der Waals surface area contributed by atoms with Crippen LogP contribution < -0.4 is 4.74 Å². The molecule has 0 spiro atoms. The number of ether oxygens (including phenoxy) is 1. The highest BCUT2D eigenvalue weighted by Crippen LogP contribution is 2.24. The van der Waals surface area contributed by atoms with Crippen molar-refractivity contribution in [3.8, 4) is 16.9 Å². The van der Waals surface area contributed by atoms with Crippen molar-refractivity contribution in [3.63, 3.8) is 0 Å². The highest BCUT2D eigenvalue weighted by Gasteiger charge is 2.04. The molecule has 0 aliphatic carbocycles. The summed E-state index contributed by atoms with van der Waals surface area (Å²) < 4.78 is 5.10. The van der Waals surface area contributed by atoms with Gasteiger partial charge in [0, 0.05) is 18.0 Å². The Hall–Kier alpha value is -1.87. The summed E-state index contributed by atoms with van der Waals surface area (Å²) >= 11 is 0. The number of methoxy groups -OCH3 is 1. The highest BCUT2D eigenvalue weighted by atomic mass is 16.5. The molecule has 16 heavy (non-hydrogen) atoms. The first kappa shape index (κ1) is 10.6. The van der Waals surface area contributed by atoms with Crippen molar-refractivity contribution in [1.29, 1.82) is 0 Å². The summed E-state index contributed by atoms with van der Waals surface area (Å²) in [5, 5.41) is 9.23. The van der Waals surface area contributed by atoms with E-state index in [2.05, 4.69) is 4.98 Å². The van der Waals surface area contributed by atoms with Crippen molar-refractivity contribution < 1.29 is 9.84 Å². The van der Waals surface area contributed by atoms with Gasteiger partial charge in [0.2, 0.25) is 0 Å². The van der Waals surface area contributed by atoms with Crippen LogP contribution in [0.15, 0.2) is 42.7 Å². The molecule has 0 amide bonds. The Balaban J connectivity index is 2.42. The summed E-state index contributed by atoms with van der Waals surface area (Å²) in [6, 6.07) is 9.51. The summed E-state index contributed by atoms with van der Waals surface area (Å²) in [6.07, 6.45) is 3.44. The molecule has 1 heterocycles. The lowest BCUT2D eigenvalue weighted by atomic mass is 10.0. The van der Waals surface area contributed by atoms with Crippen LogP contribution in [-0.4, -0.2) is 17.2 Å². The molecule has 2 rings (SSSR count). The van der Waals surface area contributed by atoms with Gasteiger partial charge in [-0.1, -0.05) is 12.1 Å². The molecular formula is C13H13NO2. The molecule has 3 nitrogen and oxygen atoms in total. The smallest absolute Gasteiger partial charge is 0.118 e. The zero-order valence-corrected chi connectivity index (χ0v) is 9.05. The number of rotatable bonds is 3. The Morgan fingerprint density at radius 3 is 2.56 bits per heavy atom. The second-order valence-corrected chi connectivity index (χ2v) is 3.42. The van der Waals surface area contributed by atoms with Crippen LogP contribution in [0.1, 0.15) is 5.56 Å². The Morgan fingerprint density at radius 2 is 1.94 bits per heavy atom. The molecule has 0 atom stereocenters. The third kappa shape index (κ3) is 2.04. The predicted octanol–water partition coefficient (Wildman–Crippen LogP) is 2.25. The Kier molecular flexibility index (Phi) is 3.17. The molecule has 0 aliphatic heterocycles. The molecule has 1 N–H and O–H groups in total. The molecule has 0 radical (unpaired) electrons. The molecule has 2 aromatic rings. The summed E-state index contributed by atoms with van der Waals surface area (Å²) in [7, 11) is 1.64. The zero-order valence-electron chi connectivity index (χ0n) is 9.05. The normalized spacial score (nSPS) is 10.1. The minimum atomic E-state index is 0.0177. The van der Waals surface area contributed by atoms with E-state index in [1.165, 1.54) is 0 Å². The second-order valence-electron chi connectivity index (χ2n) is 3.42. The van der Waals surface area contributed by atoms with Crippen molar-refractivity contribution in [2.45, 2.75) is 6.61 Å². The number of benzene rings is 1. The summed E-state index contributed by atoms with van der Waals surface area (Å²) in [4.78, 5) is 4.07. The molecule has 3 heteroatoms. The quantitative estimate of drug-likeness (QED) is 0.853. The van der Waals surface area contributed by atoms with Gasteiger partial charge in [-0.05, 0) is 29.3 Å². The van der Waals surface area contributed by atoms with Crippen molar-refractivity contribution in [3.05, 3.63) is 48.3 Å². The highest BCUT2D eigenvalue weighted by molar-refractivity contribution is 5.66. The van der Waals surface area contributed by atoms with Crippen molar-refractivity contribution in [2.24, 2.45) is 0 Å². The van der Waals surface area contributed by atoms with Crippen LogP contribution in [0.25, 0.3) is 11.1 Å². The van der Waals surface area contributed by atoms with Crippen LogP contribution in [0.2, 0.25) is 0 Å². The summed E-state index contributed by atoms with van der Waals surface area (Å²) in [5.74, 6) is 0.818. The maximum atomic E-state index is 9.23. The molecular weight excluding hydrogens is 202 g/mol. The SMILES string of the molecule is COc1ccc(-c2cnccc2CO)cc1. The monoisotopic (exact) mass is 215 g/mol. The van der Waals surface area contributed by atoms with E-state index in [0.29, 0.717) is 0 Å². The molecule has 0 unspecified atom stereocenters. The van der Waals surface area contributed by atoms with Gasteiger partial charge in [-0.3, -0.25) is 4.98 Å². The first-order chi connectivity index (χ1) is 7.85. The van der Waals surface area contributed by atoms with E-state index in [1.54, 1.807) is 19.5 Å². The minimum absolute atomic E-state index is 0.0177. The lowest BCUT2D eigenvalue weighted by molar-refractivity contribution is 0.282. The van der Waals surface area contributed by atoms with Gasteiger partial charge < -0.3 is 9.84 Å². The van der Waals surface area contributed by atoms with Gasteiger partial charge in [-0.2, -0.15) is 0 Å². The topological polar surface area (TPSA) is 42.4 Å². The lowest BCUT2D eigenvalue weighted by Crippen LogP contribution is -1.90. The number of pyridine rings is 1. The minimum Gasteiger partial charge on any atom is -0.497 e. The van der Waals surface area contributed by atoms with Crippen LogP contribution in [0.4, 0.5) is 0 Å². The molecule has 0 fully saturated rings.